The molecule has 13 nitrogen and oxygen atoms in total. The van der Waals surface area contributed by atoms with Crippen molar-refractivity contribution < 1.29 is 29.3 Å². The van der Waals surface area contributed by atoms with Crippen molar-refractivity contribution in [3.63, 3.8) is 0 Å². The average Bonchev–Trinajstić information content (AvgIpc) is 2.42. The van der Waals surface area contributed by atoms with Crippen molar-refractivity contribution in [2.24, 2.45) is 5.73 Å². The number of aliphatic carboxylic acids is 1. The maximum absolute atomic E-state index is 11.8. The highest BCUT2D eigenvalue weighted by Crippen LogP contribution is 2.25. The molecule has 14 heteroatoms. The zero-order valence-electron chi connectivity index (χ0n) is 12.2. The van der Waals surface area contributed by atoms with Crippen LogP contribution in [0.4, 0.5) is 0 Å². The van der Waals surface area contributed by atoms with Gasteiger partial charge in [-0.05, 0) is 0 Å². The molecular formula is C10H15N5O8S. The first-order valence-electron chi connectivity index (χ1n) is 6.49. The molecule has 1 saturated heterocycles. The van der Waals surface area contributed by atoms with Crippen LogP contribution in [0.25, 0.3) is 0 Å². The predicted octanol–water partition coefficient (Wildman–Crippen LogP) is -2.66. The number of carbonyl (C=O) groups excluding carboxylic acids is 2. The maximum Gasteiger partial charge on any atom is 0.492 e. The van der Waals surface area contributed by atoms with E-state index in [-0.39, 0.29) is 11.5 Å². The first kappa shape index (κ1) is 19.6. The lowest BCUT2D eigenvalue weighted by atomic mass is 10.0. The zero-order chi connectivity index (χ0) is 18.5. The van der Waals surface area contributed by atoms with Crippen molar-refractivity contribution in [2.75, 3.05) is 31.1 Å². The number of carboxylic acids is 1. The van der Waals surface area contributed by atoms with Gasteiger partial charge < -0.3 is 21.1 Å². The van der Waals surface area contributed by atoms with E-state index in [9.17, 15) is 34.6 Å². The largest absolute Gasteiger partial charge is 0.492 e. The average molecular weight is 365 g/mol. The summed E-state index contributed by atoms with van der Waals surface area (Å²) in [4.78, 5) is 53.8. The summed E-state index contributed by atoms with van der Waals surface area (Å²) in [6, 6.07) is -1.03. The van der Waals surface area contributed by atoms with Gasteiger partial charge in [-0.25, -0.2) is 0 Å². The molecule has 0 saturated carbocycles. The fraction of sp³-hybridized carbons (Fsp3) is 0.700. The highest BCUT2D eigenvalue weighted by atomic mass is 32.2. The molecule has 0 aliphatic carbocycles. The van der Waals surface area contributed by atoms with Gasteiger partial charge in [-0.1, -0.05) is 0 Å². The summed E-state index contributed by atoms with van der Waals surface area (Å²) in [6.07, 6.45) is 0. The molecule has 1 unspecified atom stereocenters. The third-order valence-electron chi connectivity index (χ3n) is 3.19. The third-order valence-corrected chi connectivity index (χ3v) is 4.24. The molecule has 134 valence electrons. The van der Waals surface area contributed by atoms with Crippen LogP contribution in [0.3, 0.4) is 0 Å². The molecule has 4 N–H and O–H groups in total. The minimum atomic E-state index is -2.35. The number of nitro groups is 2. The van der Waals surface area contributed by atoms with E-state index in [1.165, 1.54) is 0 Å². The van der Waals surface area contributed by atoms with Crippen LogP contribution in [0.15, 0.2) is 0 Å². The molecule has 2 amide bonds. The number of carboxylic acid groups (broad SMARTS) is 1. The van der Waals surface area contributed by atoms with E-state index in [1.54, 1.807) is 0 Å². The number of thioether (sulfide) groups is 1. The van der Waals surface area contributed by atoms with Gasteiger partial charge in [0, 0.05) is 5.75 Å². The van der Waals surface area contributed by atoms with E-state index < -0.39 is 59.0 Å². The Labute approximate surface area is 138 Å². The van der Waals surface area contributed by atoms with Crippen LogP contribution in [-0.2, 0) is 14.4 Å². The highest BCUT2D eigenvalue weighted by molar-refractivity contribution is 8.00. The number of hydrogen-bond acceptors (Lipinski definition) is 9. The van der Waals surface area contributed by atoms with Crippen LogP contribution in [0, 0.1) is 20.2 Å². The molecular weight excluding hydrogens is 350 g/mol. The molecule has 0 aromatic carbocycles. The lowest BCUT2D eigenvalue weighted by Crippen LogP contribution is -2.71. The molecule has 0 bridgehead atoms. The smallest absolute Gasteiger partial charge is 0.480 e. The van der Waals surface area contributed by atoms with Crippen molar-refractivity contribution in [1.82, 2.24) is 10.2 Å². The summed E-state index contributed by atoms with van der Waals surface area (Å²) in [5.74, 6) is -2.61. The van der Waals surface area contributed by atoms with Crippen molar-refractivity contribution in [3.8, 4) is 0 Å². The Kier molecular flexibility index (Phi) is 6.42. The van der Waals surface area contributed by atoms with Gasteiger partial charge in [0.15, 0.2) is 13.1 Å². The quantitative estimate of drug-likeness (QED) is 0.220. The first-order valence-corrected chi connectivity index (χ1v) is 7.65. The van der Waals surface area contributed by atoms with Gasteiger partial charge in [0.1, 0.15) is 16.4 Å². The number of nitrogens with two attached hydrogens (primary N) is 1. The lowest BCUT2D eigenvalue weighted by molar-refractivity contribution is -0.809. The minimum Gasteiger partial charge on any atom is -0.480 e. The first-order chi connectivity index (χ1) is 11.1. The number of hydrogen-bond donors (Lipinski definition) is 3. The molecule has 1 fully saturated rings. The molecule has 1 rings (SSSR count). The van der Waals surface area contributed by atoms with E-state index in [1.807, 2.05) is 0 Å². The lowest BCUT2D eigenvalue weighted by Gasteiger charge is -2.35. The number of amides is 2. The Hall–Kier alpha value is -2.48. The molecule has 1 aliphatic heterocycles. The summed E-state index contributed by atoms with van der Waals surface area (Å²) in [5, 5.41) is 31.9. The van der Waals surface area contributed by atoms with E-state index in [0.717, 1.165) is 16.7 Å². The number of nitrogens with zero attached hydrogens (tertiary/aromatic N) is 3. The molecule has 1 heterocycles. The van der Waals surface area contributed by atoms with Crippen LogP contribution >= 0.6 is 11.8 Å². The fourth-order valence-corrected chi connectivity index (χ4v) is 2.65. The SMILES string of the molecule is NC(CSCC(=O)N1CC([N+](=O)[O-])([N+](=O)[O-])C1)C(=O)NCC(=O)O. The van der Waals surface area contributed by atoms with Crippen LogP contribution in [-0.4, -0.2) is 80.5 Å². The van der Waals surface area contributed by atoms with Gasteiger partial charge in [0.25, 0.3) is 0 Å². The van der Waals surface area contributed by atoms with Gasteiger partial charge in [-0.2, -0.15) is 0 Å². The monoisotopic (exact) mass is 365 g/mol. The van der Waals surface area contributed by atoms with Crippen molar-refractivity contribution >= 4 is 29.5 Å². The summed E-state index contributed by atoms with van der Waals surface area (Å²) >= 11 is 0.962. The van der Waals surface area contributed by atoms with Crippen LogP contribution in [0.1, 0.15) is 0 Å². The Balaban J connectivity index is 2.33. The van der Waals surface area contributed by atoms with Gasteiger partial charge in [-0.15, -0.1) is 11.8 Å². The normalized spacial score (nSPS) is 16.6. The summed E-state index contributed by atoms with van der Waals surface area (Å²) in [5.41, 5.74) is 3.15. The highest BCUT2D eigenvalue weighted by Gasteiger charge is 2.67. The number of nitrogens with one attached hydrogen (secondary N) is 1. The van der Waals surface area contributed by atoms with Crippen LogP contribution in [0.5, 0.6) is 0 Å². The van der Waals surface area contributed by atoms with E-state index in [2.05, 4.69) is 5.32 Å². The second-order valence-corrected chi connectivity index (χ2v) is 6.01. The second kappa shape index (κ2) is 7.87. The van der Waals surface area contributed by atoms with E-state index >= 15 is 0 Å². The minimum absolute atomic E-state index is 0.0145. The Morgan fingerprint density at radius 3 is 2.29 bits per heavy atom. The zero-order valence-corrected chi connectivity index (χ0v) is 13.1. The Morgan fingerprint density at radius 1 is 1.29 bits per heavy atom. The molecule has 0 aromatic rings. The van der Waals surface area contributed by atoms with Crippen molar-refractivity contribution in [3.05, 3.63) is 20.2 Å². The van der Waals surface area contributed by atoms with Crippen molar-refractivity contribution in [2.45, 2.75) is 11.7 Å². The maximum atomic E-state index is 11.8. The Morgan fingerprint density at radius 2 is 1.83 bits per heavy atom. The molecule has 1 atom stereocenters. The second-order valence-electron chi connectivity index (χ2n) is 4.98. The number of carbonyl (C=O) groups is 3. The summed E-state index contributed by atoms with van der Waals surface area (Å²) in [6.45, 7) is -1.80. The Bertz CT molecular complexity index is 547. The number of likely N-dealkylation sites (tertiary alicyclic amines) is 1. The van der Waals surface area contributed by atoms with Gasteiger partial charge in [-0.3, -0.25) is 34.6 Å². The van der Waals surface area contributed by atoms with Gasteiger partial charge in [0.2, 0.25) is 11.8 Å². The topological polar surface area (TPSA) is 199 Å². The molecule has 0 aromatic heterocycles. The van der Waals surface area contributed by atoms with Crippen molar-refractivity contribution in [1.29, 1.82) is 0 Å². The van der Waals surface area contributed by atoms with E-state index in [4.69, 9.17) is 10.8 Å². The molecule has 24 heavy (non-hydrogen) atoms. The number of rotatable bonds is 9. The summed E-state index contributed by atoms with van der Waals surface area (Å²) < 4.78 is 0. The molecule has 1 aliphatic rings. The van der Waals surface area contributed by atoms with Crippen LogP contribution < -0.4 is 11.1 Å². The van der Waals surface area contributed by atoms with E-state index in [0.29, 0.717) is 0 Å². The standard InChI is InChI=1S/C10H15N5O8S/c11-6(9(19)12-1-8(17)18)2-24-3-7(16)13-4-10(5-13,14(20)21)15(22)23/h6H,1-5,11H2,(H,12,19)(H,17,18). The predicted molar refractivity (Wildman–Crippen MR) is 79.2 cm³/mol. The molecule has 0 spiro atoms. The fourth-order valence-electron chi connectivity index (χ4n) is 1.77. The van der Waals surface area contributed by atoms with Crippen LogP contribution in [0.2, 0.25) is 0 Å². The third kappa shape index (κ3) is 4.51. The molecule has 0 radical (unpaired) electrons. The van der Waals surface area contributed by atoms with Gasteiger partial charge in [0.05, 0.1) is 11.8 Å². The summed E-state index contributed by atoms with van der Waals surface area (Å²) in [7, 11) is 0. The van der Waals surface area contributed by atoms with Gasteiger partial charge >= 0.3 is 11.6 Å².